The second-order valence-corrected chi connectivity index (χ2v) is 9.57. The second kappa shape index (κ2) is 10.0. The van der Waals surface area contributed by atoms with E-state index < -0.39 is 0 Å². The Kier molecular flexibility index (Phi) is 6.13. The lowest BCUT2D eigenvalue weighted by molar-refractivity contribution is 1.28. The molecular weight excluding hydrogens is 456 g/mol. The van der Waals surface area contributed by atoms with Crippen LogP contribution in [0.2, 0.25) is 0 Å². The summed E-state index contributed by atoms with van der Waals surface area (Å²) in [4.78, 5) is 7.04. The van der Waals surface area contributed by atoms with Gasteiger partial charge in [-0.05, 0) is 59.7 Å². The number of aromatic nitrogens is 1. The fourth-order valence-corrected chi connectivity index (χ4v) is 5.23. The fourth-order valence-electron chi connectivity index (χ4n) is 4.26. The number of fused-ring (bicyclic) bond motifs is 1. The van der Waals surface area contributed by atoms with Crippen LogP contribution in [0.5, 0.6) is 0 Å². The van der Waals surface area contributed by atoms with Crippen LogP contribution in [0.1, 0.15) is 11.1 Å². The minimum absolute atomic E-state index is 1.06. The molecule has 0 spiro atoms. The van der Waals surface area contributed by atoms with E-state index >= 15 is 0 Å². The molecule has 5 aromatic carbocycles. The molecule has 6 rings (SSSR count). The SMILES string of the molecule is C(=C\c1ccc(N(c2ccccc2)c2ccccc2)cc1)/c1ccc(-c2nc3ccccc3s2)cc1. The molecule has 1 aromatic heterocycles. The first-order valence-electron chi connectivity index (χ1n) is 12.0. The van der Waals surface area contributed by atoms with Gasteiger partial charge in [-0.25, -0.2) is 4.98 Å². The summed E-state index contributed by atoms with van der Waals surface area (Å²) in [6.45, 7) is 0. The first-order chi connectivity index (χ1) is 17.8. The lowest BCUT2D eigenvalue weighted by Crippen LogP contribution is -2.09. The Morgan fingerprint density at radius 2 is 1.00 bits per heavy atom. The normalized spacial score (nSPS) is 11.2. The zero-order valence-electron chi connectivity index (χ0n) is 19.7. The third-order valence-electron chi connectivity index (χ3n) is 6.10. The summed E-state index contributed by atoms with van der Waals surface area (Å²) in [5.41, 5.74) is 7.95. The van der Waals surface area contributed by atoms with Crippen LogP contribution in [0.3, 0.4) is 0 Å². The summed E-state index contributed by atoms with van der Waals surface area (Å²) in [7, 11) is 0. The van der Waals surface area contributed by atoms with Crippen molar-refractivity contribution in [2.24, 2.45) is 0 Å². The second-order valence-electron chi connectivity index (χ2n) is 8.54. The van der Waals surface area contributed by atoms with E-state index in [9.17, 15) is 0 Å². The maximum Gasteiger partial charge on any atom is 0.124 e. The van der Waals surface area contributed by atoms with Gasteiger partial charge in [-0.3, -0.25) is 0 Å². The molecule has 0 saturated heterocycles. The third-order valence-corrected chi connectivity index (χ3v) is 7.19. The quantitative estimate of drug-likeness (QED) is 0.221. The summed E-state index contributed by atoms with van der Waals surface area (Å²) >= 11 is 1.73. The van der Waals surface area contributed by atoms with E-state index in [2.05, 4.69) is 132 Å². The zero-order valence-corrected chi connectivity index (χ0v) is 20.5. The van der Waals surface area contributed by atoms with Gasteiger partial charge in [-0.2, -0.15) is 0 Å². The number of rotatable bonds is 6. The number of hydrogen-bond donors (Lipinski definition) is 0. The van der Waals surface area contributed by atoms with Crippen LogP contribution in [0.15, 0.2) is 133 Å². The molecule has 0 fully saturated rings. The minimum Gasteiger partial charge on any atom is -0.311 e. The Hall–Kier alpha value is -4.47. The fraction of sp³-hybridized carbons (Fsp3) is 0. The van der Waals surface area contributed by atoms with Crippen LogP contribution in [0, 0.1) is 0 Å². The van der Waals surface area contributed by atoms with E-state index in [1.54, 1.807) is 11.3 Å². The highest BCUT2D eigenvalue weighted by Crippen LogP contribution is 2.34. The Morgan fingerprint density at radius 3 is 1.58 bits per heavy atom. The van der Waals surface area contributed by atoms with E-state index in [-0.39, 0.29) is 0 Å². The maximum absolute atomic E-state index is 4.77. The Morgan fingerprint density at radius 1 is 0.500 bits per heavy atom. The molecule has 0 saturated carbocycles. The van der Waals surface area contributed by atoms with Crippen LogP contribution in [0.25, 0.3) is 32.9 Å². The highest BCUT2D eigenvalue weighted by atomic mass is 32.1. The van der Waals surface area contributed by atoms with Crippen LogP contribution in [-0.2, 0) is 0 Å². The number of benzene rings is 5. The lowest BCUT2D eigenvalue weighted by atomic mass is 10.1. The molecule has 1 heterocycles. The summed E-state index contributed by atoms with van der Waals surface area (Å²) < 4.78 is 1.22. The smallest absolute Gasteiger partial charge is 0.124 e. The van der Waals surface area contributed by atoms with Crippen LogP contribution in [-0.4, -0.2) is 4.98 Å². The van der Waals surface area contributed by atoms with Gasteiger partial charge in [0.05, 0.1) is 10.2 Å². The Balaban J connectivity index is 1.21. The van der Waals surface area contributed by atoms with Gasteiger partial charge in [0.1, 0.15) is 5.01 Å². The molecule has 0 bridgehead atoms. The molecular formula is C33H24N2S. The summed E-state index contributed by atoms with van der Waals surface area (Å²) in [5.74, 6) is 0. The molecule has 0 aliphatic rings. The van der Waals surface area contributed by atoms with Crippen molar-refractivity contribution < 1.29 is 0 Å². The first-order valence-corrected chi connectivity index (χ1v) is 12.8. The van der Waals surface area contributed by atoms with Crippen molar-refractivity contribution in [1.82, 2.24) is 4.98 Å². The van der Waals surface area contributed by atoms with E-state index in [1.165, 1.54) is 10.3 Å². The van der Waals surface area contributed by atoms with Crippen molar-refractivity contribution in [2.75, 3.05) is 4.90 Å². The lowest BCUT2D eigenvalue weighted by Gasteiger charge is -2.25. The maximum atomic E-state index is 4.77. The molecule has 0 aliphatic heterocycles. The summed E-state index contributed by atoms with van der Waals surface area (Å²) in [6.07, 6.45) is 4.31. The van der Waals surface area contributed by atoms with Gasteiger partial charge in [0, 0.05) is 22.6 Å². The molecule has 0 N–H and O–H groups in total. The van der Waals surface area contributed by atoms with Gasteiger partial charge in [0.15, 0.2) is 0 Å². The predicted octanol–water partition coefficient (Wildman–Crippen LogP) is 9.60. The molecule has 0 unspecified atom stereocenters. The van der Waals surface area contributed by atoms with Gasteiger partial charge in [0.2, 0.25) is 0 Å². The van der Waals surface area contributed by atoms with Crippen LogP contribution < -0.4 is 4.90 Å². The molecule has 0 radical (unpaired) electrons. The third kappa shape index (κ3) is 4.70. The molecule has 36 heavy (non-hydrogen) atoms. The molecule has 0 atom stereocenters. The van der Waals surface area contributed by atoms with Crippen molar-refractivity contribution in [3.05, 3.63) is 145 Å². The standard InChI is InChI=1S/C33H24N2S/c1-3-9-28(10-4-1)35(29-11-5-2-6-12-29)30-23-19-26(20-24-30)16-15-25-17-21-27(22-18-25)33-34-31-13-7-8-14-32(31)36-33/h1-24H/b16-15+. The topological polar surface area (TPSA) is 16.1 Å². The summed E-state index contributed by atoms with van der Waals surface area (Å²) in [6, 6.07) is 46.5. The van der Waals surface area contributed by atoms with E-state index in [0.29, 0.717) is 0 Å². The number of anilines is 3. The average molecular weight is 481 g/mol. The van der Waals surface area contributed by atoms with Crippen molar-refractivity contribution in [2.45, 2.75) is 0 Å². The molecule has 3 heteroatoms. The van der Waals surface area contributed by atoms with Gasteiger partial charge >= 0.3 is 0 Å². The summed E-state index contributed by atoms with van der Waals surface area (Å²) in [5, 5.41) is 1.06. The first kappa shape index (κ1) is 22.0. The molecule has 2 nitrogen and oxygen atoms in total. The van der Waals surface area contributed by atoms with Crippen molar-refractivity contribution in [1.29, 1.82) is 0 Å². The number of thiazole rings is 1. The van der Waals surface area contributed by atoms with E-state index in [1.807, 2.05) is 18.2 Å². The molecule has 6 aromatic rings. The van der Waals surface area contributed by atoms with Gasteiger partial charge in [-0.15, -0.1) is 11.3 Å². The van der Waals surface area contributed by atoms with Crippen molar-refractivity contribution >= 4 is 50.8 Å². The zero-order chi connectivity index (χ0) is 24.2. The monoisotopic (exact) mass is 480 g/mol. The Labute approximate surface area is 215 Å². The highest BCUT2D eigenvalue weighted by molar-refractivity contribution is 7.21. The Bertz CT molecular complexity index is 1530. The average Bonchev–Trinajstić information content (AvgIpc) is 3.39. The number of para-hydroxylation sites is 3. The van der Waals surface area contributed by atoms with Gasteiger partial charge < -0.3 is 4.90 Å². The van der Waals surface area contributed by atoms with Crippen LogP contribution >= 0.6 is 11.3 Å². The van der Waals surface area contributed by atoms with Gasteiger partial charge in [0.25, 0.3) is 0 Å². The minimum atomic E-state index is 1.06. The highest BCUT2D eigenvalue weighted by Gasteiger charge is 2.11. The predicted molar refractivity (Wildman–Crippen MR) is 155 cm³/mol. The van der Waals surface area contributed by atoms with Gasteiger partial charge in [-0.1, -0.05) is 97.1 Å². The molecule has 172 valence electrons. The number of nitrogens with zero attached hydrogens (tertiary/aromatic N) is 2. The number of hydrogen-bond acceptors (Lipinski definition) is 3. The van der Waals surface area contributed by atoms with E-state index in [4.69, 9.17) is 4.98 Å². The van der Waals surface area contributed by atoms with Crippen molar-refractivity contribution in [3.8, 4) is 10.6 Å². The molecule has 0 aliphatic carbocycles. The van der Waals surface area contributed by atoms with Crippen LogP contribution in [0.4, 0.5) is 17.1 Å². The largest absolute Gasteiger partial charge is 0.311 e. The van der Waals surface area contributed by atoms with Crippen molar-refractivity contribution in [3.63, 3.8) is 0 Å². The van der Waals surface area contributed by atoms with E-state index in [0.717, 1.165) is 38.7 Å². The molecule has 0 amide bonds.